The summed E-state index contributed by atoms with van der Waals surface area (Å²) in [5.41, 5.74) is 3.75. The highest BCUT2D eigenvalue weighted by atomic mass is 32.1. The first-order valence-corrected chi connectivity index (χ1v) is 15.4. The predicted octanol–water partition coefficient (Wildman–Crippen LogP) is 7.17. The molecule has 226 valence electrons. The van der Waals surface area contributed by atoms with E-state index in [9.17, 15) is 14.4 Å². The van der Waals surface area contributed by atoms with Gasteiger partial charge in [-0.25, -0.2) is 4.79 Å². The Balaban J connectivity index is 2.52. The Labute approximate surface area is 252 Å². The van der Waals surface area contributed by atoms with Crippen molar-refractivity contribution in [2.75, 3.05) is 17.6 Å². The van der Waals surface area contributed by atoms with Gasteiger partial charge in [0.15, 0.2) is 0 Å². The number of alkyl carbamates (subject to hydrolysis) is 1. The summed E-state index contributed by atoms with van der Waals surface area (Å²) in [6.45, 7) is 13.8. The Hall–Kier alpha value is -3.00. The van der Waals surface area contributed by atoms with E-state index in [0.717, 1.165) is 60.9 Å². The van der Waals surface area contributed by atoms with Crippen LogP contribution in [0.1, 0.15) is 95.0 Å². The fraction of sp³-hybridized carbons (Fsp3) is 0.545. The van der Waals surface area contributed by atoms with Crippen molar-refractivity contribution in [1.29, 1.82) is 0 Å². The largest absolute Gasteiger partial charge is 0.444 e. The van der Waals surface area contributed by atoms with E-state index < -0.39 is 23.8 Å². The lowest BCUT2D eigenvalue weighted by molar-refractivity contribution is -0.140. The lowest BCUT2D eigenvalue weighted by atomic mass is 9.99. The normalized spacial score (nSPS) is 12.8. The topological polar surface area (TPSA) is 87.7 Å². The van der Waals surface area contributed by atoms with Gasteiger partial charge in [0.1, 0.15) is 17.7 Å². The molecule has 2 atom stereocenters. The number of hydrogen-bond acceptors (Lipinski definition) is 5. The van der Waals surface area contributed by atoms with Crippen molar-refractivity contribution in [3.8, 4) is 0 Å². The zero-order valence-corrected chi connectivity index (χ0v) is 26.8. The lowest BCUT2D eigenvalue weighted by Crippen LogP contribution is -2.53. The van der Waals surface area contributed by atoms with Gasteiger partial charge in [0, 0.05) is 18.0 Å². The van der Waals surface area contributed by atoms with Crippen molar-refractivity contribution in [2.45, 2.75) is 105 Å². The van der Waals surface area contributed by atoms with E-state index in [0.29, 0.717) is 12.1 Å². The molecule has 3 amide bonds. The van der Waals surface area contributed by atoms with Crippen LogP contribution in [-0.4, -0.2) is 46.7 Å². The van der Waals surface area contributed by atoms with Crippen LogP contribution < -0.4 is 10.6 Å². The van der Waals surface area contributed by atoms with Gasteiger partial charge in [-0.05, 0) is 69.7 Å². The number of carbonyl (C=O) groups is 3. The molecular formula is C33H49N3O4S. The predicted molar refractivity (Wildman–Crippen MR) is 171 cm³/mol. The van der Waals surface area contributed by atoms with Crippen molar-refractivity contribution < 1.29 is 19.1 Å². The smallest absolute Gasteiger partial charge is 0.408 e. The van der Waals surface area contributed by atoms with Crippen molar-refractivity contribution in [1.82, 2.24) is 10.2 Å². The first kappa shape index (κ1) is 34.2. The van der Waals surface area contributed by atoms with Crippen molar-refractivity contribution in [3.63, 3.8) is 0 Å². The molecule has 41 heavy (non-hydrogen) atoms. The average Bonchev–Trinajstić information content (AvgIpc) is 2.92. The fourth-order valence-corrected chi connectivity index (χ4v) is 4.95. The second-order valence-electron chi connectivity index (χ2n) is 11.6. The fourth-order valence-electron chi connectivity index (χ4n) is 4.70. The van der Waals surface area contributed by atoms with Crippen LogP contribution in [0.4, 0.5) is 10.5 Å². The maximum atomic E-state index is 14.2. The standard InChI is InChI=1S/C33H49N3O4S/c1-8-10-11-12-13-21-36(31(38)27(22-41)34-32(39)40-33(5,6)7)29(26-19-17-25(9-2)18-20-26)30(37)35-28-23(3)15-14-16-24(28)4/h14-20,27,29,41H,8-13,21-22H2,1-7H3,(H,34,39)(H,35,37). The van der Waals surface area contributed by atoms with Gasteiger partial charge in [-0.15, -0.1) is 0 Å². The number of rotatable bonds is 14. The molecule has 2 N–H and O–H groups in total. The Morgan fingerprint density at radius 3 is 2.07 bits per heavy atom. The number of para-hydroxylation sites is 1. The van der Waals surface area contributed by atoms with E-state index in [1.807, 2.05) is 56.3 Å². The zero-order chi connectivity index (χ0) is 30.6. The number of nitrogens with zero attached hydrogens (tertiary/aromatic N) is 1. The number of hydrogen-bond donors (Lipinski definition) is 3. The van der Waals surface area contributed by atoms with Crippen LogP contribution in [0.3, 0.4) is 0 Å². The number of unbranched alkanes of at least 4 members (excludes halogenated alkanes) is 4. The van der Waals surface area contributed by atoms with E-state index in [2.05, 4.69) is 37.1 Å². The summed E-state index contributed by atoms with van der Waals surface area (Å²) in [4.78, 5) is 42.5. The molecule has 0 saturated heterocycles. The molecule has 2 aromatic rings. The molecule has 0 aliphatic rings. The summed E-state index contributed by atoms with van der Waals surface area (Å²) in [7, 11) is 0. The van der Waals surface area contributed by atoms with Crippen molar-refractivity contribution in [3.05, 3.63) is 64.7 Å². The lowest BCUT2D eigenvalue weighted by Gasteiger charge is -2.34. The van der Waals surface area contributed by atoms with E-state index in [-0.39, 0.29) is 17.6 Å². The summed E-state index contributed by atoms with van der Waals surface area (Å²) >= 11 is 4.40. The highest BCUT2D eigenvalue weighted by Gasteiger charge is 2.36. The first-order chi connectivity index (χ1) is 19.4. The SMILES string of the molecule is CCCCCCCN(C(=O)C(CS)NC(=O)OC(C)(C)C)C(C(=O)Nc1c(C)cccc1C)c1ccc(CC)cc1. The third-order valence-corrected chi connectivity index (χ3v) is 7.32. The highest BCUT2D eigenvalue weighted by molar-refractivity contribution is 7.80. The molecule has 0 aliphatic carbocycles. The second-order valence-corrected chi connectivity index (χ2v) is 11.9. The zero-order valence-electron chi connectivity index (χ0n) is 25.9. The molecule has 0 bridgehead atoms. The third kappa shape index (κ3) is 10.7. The molecule has 0 aliphatic heterocycles. The molecule has 0 saturated carbocycles. The molecule has 0 aromatic heterocycles. The van der Waals surface area contributed by atoms with Crippen LogP contribution in [0.5, 0.6) is 0 Å². The van der Waals surface area contributed by atoms with Gasteiger partial charge in [0.05, 0.1) is 0 Å². The number of anilines is 1. The summed E-state index contributed by atoms with van der Waals surface area (Å²) in [5.74, 6) is -0.615. The molecule has 0 fully saturated rings. The van der Waals surface area contributed by atoms with E-state index >= 15 is 0 Å². The second kappa shape index (κ2) is 16.4. The Morgan fingerprint density at radius 2 is 1.54 bits per heavy atom. The van der Waals surface area contributed by atoms with Crippen LogP contribution in [-0.2, 0) is 20.7 Å². The minimum absolute atomic E-state index is 0.0599. The maximum Gasteiger partial charge on any atom is 0.408 e. The van der Waals surface area contributed by atoms with Gasteiger partial charge in [0.2, 0.25) is 5.91 Å². The Bertz CT molecular complexity index is 1120. The van der Waals surface area contributed by atoms with Crippen LogP contribution in [0, 0.1) is 13.8 Å². The average molecular weight is 584 g/mol. The molecule has 0 radical (unpaired) electrons. The molecule has 8 heteroatoms. The Morgan fingerprint density at radius 1 is 0.927 bits per heavy atom. The number of carbonyl (C=O) groups excluding carboxylic acids is 3. The summed E-state index contributed by atoms with van der Waals surface area (Å²) in [6, 6.07) is 11.8. The maximum absolute atomic E-state index is 14.2. The van der Waals surface area contributed by atoms with Crippen LogP contribution in [0.25, 0.3) is 0 Å². The number of benzene rings is 2. The molecule has 7 nitrogen and oxygen atoms in total. The molecule has 2 rings (SSSR count). The van der Waals surface area contributed by atoms with Gasteiger partial charge in [-0.1, -0.05) is 82.0 Å². The summed E-state index contributed by atoms with van der Waals surface area (Å²) in [6.07, 6.45) is 5.10. The molecular weight excluding hydrogens is 534 g/mol. The van der Waals surface area contributed by atoms with Gasteiger partial charge < -0.3 is 20.3 Å². The quantitative estimate of drug-likeness (QED) is 0.163. The van der Waals surface area contributed by atoms with E-state index in [4.69, 9.17) is 4.74 Å². The number of aryl methyl sites for hydroxylation is 3. The van der Waals surface area contributed by atoms with Gasteiger partial charge in [-0.3, -0.25) is 9.59 Å². The summed E-state index contributed by atoms with van der Waals surface area (Å²) < 4.78 is 5.41. The van der Waals surface area contributed by atoms with E-state index in [1.54, 1.807) is 25.7 Å². The number of thiol groups is 1. The number of nitrogens with one attached hydrogen (secondary N) is 2. The van der Waals surface area contributed by atoms with Gasteiger partial charge in [-0.2, -0.15) is 12.6 Å². The van der Waals surface area contributed by atoms with E-state index in [1.165, 1.54) is 0 Å². The Kier molecular flexibility index (Phi) is 13.7. The first-order valence-electron chi connectivity index (χ1n) is 14.8. The highest BCUT2D eigenvalue weighted by Crippen LogP contribution is 2.28. The minimum Gasteiger partial charge on any atom is -0.444 e. The van der Waals surface area contributed by atoms with Crippen LogP contribution in [0.15, 0.2) is 42.5 Å². The monoisotopic (exact) mass is 583 g/mol. The summed E-state index contributed by atoms with van der Waals surface area (Å²) in [5, 5.41) is 5.80. The minimum atomic E-state index is -0.964. The molecule has 0 spiro atoms. The van der Waals surface area contributed by atoms with Gasteiger partial charge >= 0.3 is 6.09 Å². The third-order valence-electron chi connectivity index (χ3n) is 6.95. The van der Waals surface area contributed by atoms with Crippen LogP contribution >= 0.6 is 12.6 Å². The van der Waals surface area contributed by atoms with Crippen molar-refractivity contribution in [2.24, 2.45) is 0 Å². The molecule has 0 heterocycles. The molecule has 2 aromatic carbocycles. The number of amides is 3. The van der Waals surface area contributed by atoms with Crippen molar-refractivity contribution >= 4 is 36.2 Å². The molecule has 2 unspecified atom stereocenters. The van der Waals surface area contributed by atoms with Gasteiger partial charge in [0.25, 0.3) is 5.91 Å². The number of ether oxygens (including phenoxy) is 1. The van der Waals surface area contributed by atoms with Crippen LogP contribution in [0.2, 0.25) is 0 Å².